The number of carbonyl (C=O) groups is 1. The lowest BCUT2D eigenvalue weighted by Gasteiger charge is -2.36. The maximum Gasteiger partial charge on any atom is 0.255 e. The third-order valence-corrected chi connectivity index (χ3v) is 5.23. The Labute approximate surface area is 171 Å². The minimum Gasteiger partial charge on any atom is -0.353 e. The van der Waals surface area contributed by atoms with E-state index in [4.69, 9.17) is 0 Å². The summed E-state index contributed by atoms with van der Waals surface area (Å²) < 4.78 is 0. The van der Waals surface area contributed by atoms with Crippen LogP contribution in [0.2, 0.25) is 0 Å². The average Bonchev–Trinajstić information content (AvgIpc) is 2.80. The number of aryl methyl sites for hydroxylation is 1. The lowest BCUT2D eigenvalue weighted by atomic mass is 10.1. The molecule has 6 nitrogen and oxygen atoms in total. The van der Waals surface area contributed by atoms with Crippen molar-refractivity contribution in [3.63, 3.8) is 0 Å². The van der Waals surface area contributed by atoms with Crippen LogP contribution in [0.25, 0.3) is 0 Å². The summed E-state index contributed by atoms with van der Waals surface area (Å²) in [5, 5.41) is 3.03. The molecule has 1 amide bonds. The number of hydrogen-bond donors (Lipinski definition) is 1. The minimum absolute atomic E-state index is 0.110. The number of nitrogens with zero attached hydrogens (tertiary/aromatic N) is 4. The molecule has 2 aromatic heterocycles. The van der Waals surface area contributed by atoms with Crippen molar-refractivity contribution in [2.45, 2.75) is 13.3 Å². The summed E-state index contributed by atoms with van der Waals surface area (Å²) in [5.41, 5.74) is 2.61. The van der Waals surface area contributed by atoms with Crippen LogP contribution in [0.1, 0.15) is 22.8 Å². The van der Waals surface area contributed by atoms with Gasteiger partial charge in [0.2, 0.25) is 0 Å². The number of aromatic nitrogens is 2. The van der Waals surface area contributed by atoms with E-state index in [2.05, 4.69) is 32.0 Å². The highest BCUT2D eigenvalue weighted by molar-refractivity contribution is 6.05. The summed E-state index contributed by atoms with van der Waals surface area (Å²) in [7, 11) is 0. The summed E-state index contributed by atoms with van der Waals surface area (Å²) in [6.07, 6.45) is 4.40. The largest absolute Gasteiger partial charge is 0.353 e. The molecule has 4 rings (SSSR count). The van der Waals surface area contributed by atoms with Crippen LogP contribution in [0.15, 0.2) is 67.0 Å². The number of pyridine rings is 2. The number of para-hydroxylation sites is 1. The number of benzene rings is 1. The summed E-state index contributed by atoms with van der Waals surface area (Å²) in [5.74, 6) is 1.73. The number of hydrogen-bond acceptors (Lipinski definition) is 5. The second-order valence-electron chi connectivity index (χ2n) is 7.03. The molecule has 29 heavy (non-hydrogen) atoms. The standard InChI is InChI=1S/C23H25N5O/c1-2-18-7-3-4-8-20(18)26-23(29)19-10-12-25-22(17-19)28-15-13-27(14-16-28)21-9-5-6-11-24-21/h3-12,17H,2,13-16H2,1H3,(H,26,29). The number of amides is 1. The molecule has 148 valence electrons. The van der Waals surface area contributed by atoms with Gasteiger partial charge in [0.25, 0.3) is 5.91 Å². The second kappa shape index (κ2) is 8.73. The minimum atomic E-state index is -0.110. The monoisotopic (exact) mass is 387 g/mol. The van der Waals surface area contributed by atoms with Gasteiger partial charge in [0.05, 0.1) is 0 Å². The Hall–Kier alpha value is -3.41. The maximum atomic E-state index is 12.8. The molecule has 3 aromatic rings. The molecule has 1 aliphatic heterocycles. The molecule has 3 heterocycles. The van der Waals surface area contributed by atoms with Crippen LogP contribution >= 0.6 is 0 Å². The average molecular weight is 387 g/mol. The Balaban J connectivity index is 1.43. The van der Waals surface area contributed by atoms with E-state index in [-0.39, 0.29) is 5.91 Å². The first-order chi connectivity index (χ1) is 14.2. The van der Waals surface area contributed by atoms with Gasteiger partial charge in [0.15, 0.2) is 0 Å². The molecule has 1 fully saturated rings. The molecule has 0 spiro atoms. The van der Waals surface area contributed by atoms with Gasteiger partial charge in [-0.1, -0.05) is 31.2 Å². The van der Waals surface area contributed by atoms with E-state index in [0.717, 1.165) is 55.5 Å². The van der Waals surface area contributed by atoms with Gasteiger partial charge in [-0.25, -0.2) is 9.97 Å². The van der Waals surface area contributed by atoms with E-state index in [0.29, 0.717) is 5.56 Å². The first-order valence-electron chi connectivity index (χ1n) is 10.0. The molecule has 0 aliphatic carbocycles. The first kappa shape index (κ1) is 18.9. The lowest BCUT2D eigenvalue weighted by molar-refractivity contribution is 0.102. The zero-order valence-corrected chi connectivity index (χ0v) is 16.6. The molecular weight excluding hydrogens is 362 g/mol. The normalized spacial score (nSPS) is 14.0. The van der Waals surface area contributed by atoms with Crippen LogP contribution in [-0.4, -0.2) is 42.1 Å². The highest BCUT2D eigenvalue weighted by atomic mass is 16.1. The fourth-order valence-corrected chi connectivity index (χ4v) is 3.58. The fraction of sp³-hybridized carbons (Fsp3) is 0.261. The number of nitrogens with one attached hydrogen (secondary N) is 1. The van der Waals surface area contributed by atoms with Gasteiger partial charge in [-0.15, -0.1) is 0 Å². The molecule has 1 N–H and O–H groups in total. The highest BCUT2D eigenvalue weighted by Crippen LogP contribution is 2.20. The van der Waals surface area contributed by atoms with Crippen LogP contribution in [0.3, 0.4) is 0 Å². The topological polar surface area (TPSA) is 61.4 Å². The van der Waals surface area contributed by atoms with Crippen LogP contribution in [-0.2, 0) is 6.42 Å². The Morgan fingerprint density at radius 1 is 0.897 bits per heavy atom. The maximum absolute atomic E-state index is 12.8. The van der Waals surface area contributed by atoms with Crippen LogP contribution in [0, 0.1) is 0 Å². The predicted octanol–water partition coefficient (Wildman–Crippen LogP) is 3.62. The number of anilines is 3. The van der Waals surface area contributed by atoms with Gasteiger partial charge >= 0.3 is 0 Å². The van der Waals surface area contributed by atoms with Crippen molar-refractivity contribution in [3.8, 4) is 0 Å². The van der Waals surface area contributed by atoms with Crippen molar-refractivity contribution in [2.24, 2.45) is 0 Å². The molecule has 6 heteroatoms. The van der Waals surface area contributed by atoms with Crippen molar-refractivity contribution >= 4 is 23.2 Å². The zero-order chi connectivity index (χ0) is 20.1. The Morgan fingerprint density at radius 2 is 1.59 bits per heavy atom. The third-order valence-electron chi connectivity index (χ3n) is 5.23. The number of piperazine rings is 1. The van der Waals surface area contributed by atoms with Crippen molar-refractivity contribution in [1.82, 2.24) is 9.97 Å². The Bertz CT molecular complexity index is 968. The highest BCUT2D eigenvalue weighted by Gasteiger charge is 2.20. The number of rotatable bonds is 5. The van der Waals surface area contributed by atoms with E-state index < -0.39 is 0 Å². The molecule has 0 bridgehead atoms. The smallest absolute Gasteiger partial charge is 0.255 e. The van der Waals surface area contributed by atoms with E-state index >= 15 is 0 Å². The van der Waals surface area contributed by atoms with E-state index in [1.165, 1.54) is 0 Å². The van der Waals surface area contributed by atoms with E-state index in [1.807, 2.05) is 54.7 Å². The van der Waals surface area contributed by atoms with Gasteiger partial charge in [0.1, 0.15) is 11.6 Å². The first-order valence-corrected chi connectivity index (χ1v) is 10.0. The summed E-state index contributed by atoms with van der Waals surface area (Å²) in [4.78, 5) is 26.2. The van der Waals surface area contributed by atoms with Gasteiger partial charge < -0.3 is 15.1 Å². The molecule has 1 saturated heterocycles. The molecule has 1 aromatic carbocycles. The fourth-order valence-electron chi connectivity index (χ4n) is 3.58. The lowest BCUT2D eigenvalue weighted by Crippen LogP contribution is -2.47. The predicted molar refractivity (Wildman–Crippen MR) is 117 cm³/mol. The van der Waals surface area contributed by atoms with Crippen molar-refractivity contribution in [1.29, 1.82) is 0 Å². The molecule has 1 aliphatic rings. The van der Waals surface area contributed by atoms with Crippen molar-refractivity contribution in [3.05, 3.63) is 78.1 Å². The Kier molecular flexibility index (Phi) is 5.70. The molecule has 0 atom stereocenters. The molecule has 0 saturated carbocycles. The zero-order valence-electron chi connectivity index (χ0n) is 16.6. The van der Waals surface area contributed by atoms with Crippen LogP contribution in [0.4, 0.5) is 17.3 Å². The molecular formula is C23H25N5O. The summed E-state index contributed by atoms with van der Waals surface area (Å²) in [6, 6.07) is 17.5. The SMILES string of the molecule is CCc1ccccc1NC(=O)c1ccnc(N2CCN(c3ccccn3)CC2)c1. The van der Waals surface area contributed by atoms with E-state index in [9.17, 15) is 4.79 Å². The van der Waals surface area contributed by atoms with Crippen LogP contribution in [0.5, 0.6) is 0 Å². The second-order valence-corrected chi connectivity index (χ2v) is 7.03. The van der Waals surface area contributed by atoms with Crippen molar-refractivity contribution in [2.75, 3.05) is 41.3 Å². The summed E-state index contributed by atoms with van der Waals surface area (Å²) in [6.45, 7) is 5.51. The molecule has 0 unspecified atom stereocenters. The number of carbonyl (C=O) groups excluding carboxylic acids is 1. The van der Waals surface area contributed by atoms with Gasteiger partial charge in [-0.3, -0.25) is 4.79 Å². The summed E-state index contributed by atoms with van der Waals surface area (Å²) >= 11 is 0. The third kappa shape index (κ3) is 4.37. The van der Waals surface area contributed by atoms with Gasteiger partial charge in [-0.2, -0.15) is 0 Å². The van der Waals surface area contributed by atoms with Crippen LogP contribution < -0.4 is 15.1 Å². The molecule has 0 radical (unpaired) electrons. The van der Waals surface area contributed by atoms with Gasteiger partial charge in [0, 0.05) is 49.8 Å². The van der Waals surface area contributed by atoms with E-state index in [1.54, 1.807) is 12.3 Å². The van der Waals surface area contributed by atoms with Gasteiger partial charge in [-0.05, 0) is 42.3 Å². The Morgan fingerprint density at radius 3 is 2.31 bits per heavy atom. The van der Waals surface area contributed by atoms with Crippen molar-refractivity contribution < 1.29 is 4.79 Å². The quantitative estimate of drug-likeness (QED) is 0.725.